The molecule has 0 aliphatic rings. The number of hydrogen-bond donors (Lipinski definition) is 2. The van der Waals surface area contributed by atoms with Crippen LogP contribution in [0.25, 0.3) is 0 Å². The lowest BCUT2D eigenvalue weighted by atomic mass is 10.1. The molecule has 122 valence electrons. The van der Waals surface area contributed by atoms with Crippen molar-refractivity contribution < 1.29 is 14.6 Å². The molecule has 0 atom stereocenters. The molecule has 0 aliphatic heterocycles. The van der Waals surface area contributed by atoms with Gasteiger partial charge in [-0.15, -0.1) is 0 Å². The third-order valence-corrected chi connectivity index (χ3v) is 3.93. The number of hydrogen-bond acceptors (Lipinski definition) is 3. The van der Waals surface area contributed by atoms with Gasteiger partial charge in [-0.3, -0.25) is 0 Å². The van der Waals surface area contributed by atoms with Crippen molar-refractivity contribution in [2.24, 2.45) is 0 Å². The zero-order valence-electron chi connectivity index (χ0n) is 12.2. The highest BCUT2D eigenvalue weighted by Crippen LogP contribution is 2.34. The van der Waals surface area contributed by atoms with Crippen LogP contribution in [0, 0.1) is 0 Å². The SMILES string of the molecule is CCOc1c(Cl)cc(CNc2ccc(Cl)c(C(=O)O)c2)cc1Cl. The lowest BCUT2D eigenvalue weighted by Gasteiger charge is -2.12. The summed E-state index contributed by atoms with van der Waals surface area (Å²) in [7, 11) is 0. The van der Waals surface area contributed by atoms with Crippen LogP contribution in [0.15, 0.2) is 30.3 Å². The van der Waals surface area contributed by atoms with Crippen molar-refractivity contribution in [2.75, 3.05) is 11.9 Å². The number of nitrogens with one attached hydrogen (secondary N) is 1. The molecule has 2 N–H and O–H groups in total. The molecule has 2 rings (SSSR count). The van der Waals surface area contributed by atoms with E-state index in [0.717, 1.165) is 5.56 Å². The van der Waals surface area contributed by atoms with E-state index < -0.39 is 5.97 Å². The van der Waals surface area contributed by atoms with E-state index in [2.05, 4.69) is 5.32 Å². The Hall–Kier alpha value is -1.62. The molecule has 7 heteroatoms. The molecular weight excluding hydrogens is 361 g/mol. The number of halogens is 3. The Morgan fingerprint density at radius 1 is 1.13 bits per heavy atom. The first-order valence-electron chi connectivity index (χ1n) is 6.79. The first-order valence-corrected chi connectivity index (χ1v) is 7.93. The number of aromatic carboxylic acids is 1. The van der Waals surface area contributed by atoms with E-state index in [1.165, 1.54) is 12.1 Å². The molecule has 0 unspecified atom stereocenters. The average molecular weight is 375 g/mol. The molecule has 2 aromatic carbocycles. The van der Waals surface area contributed by atoms with Crippen molar-refractivity contribution in [1.82, 2.24) is 0 Å². The number of rotatable bonds is 6. The minimum absolute atomic E-state index is 0.0411. The van der Waals surface area contributed by atoms with Gasteiger partial charge in [0, 0.05) is 12.2 Å². The highest BCUT2D eigenvalue weighted by atomic mass is 35.5. The van der Waals surface area contributed by atoms with Gasteiger partial charge >= 0.3 is 5.97 Å². The highest BCUT2D eigenvalue weighted by Gasteiger charge is 2.11. The Kier molecular flexibility index (Phi) is 5.99. The molecule has 0 aromatic heterocycles. The lowest BCUT2D eigenvalue weighted by molar-refractivity contribution is 0.0697. The van der Waals surface area contributed by atoms with Crippen LogP contribution >= 0.6 is 34.8 Å². The van der Waals surface area contributed by atoms with Gasteiger partial charge in [0.2, 0.25) is 0 Å². The van der Waals surface area contributed by atoms with Gasteiger partial charge in [-0.1, -0.05) is 34.8 Å². The molecular formula is C16H14Cl3NO3. The topological polar surface area (TPSA) is 58.6 Å². The number of carbonyl (C=O) groups is 1. The van der Waals surface area contributed by atoms with Crippen molar-refractivity contribution in [3.8, 4) is 5.75 Å². The van der Waals surface area contributed by atoms with E-state index in [4.69, 9.17) is 44.6 Å². The molecule has 0 bridgehead atoms. The van der Waals surface area contributed by atoms with Crippen molar-refractivity contribution in [2.45, 2.75) is 13.5 Å². The molecule has 0 amide bonds. The minimum atomic E-state index is -1.08. The van der Waals surface area contributed by atoms with Crippen LogP contribution in [0.3, 0.4) is 0 Å². The number of ether oxygens (including phenoxy) is 1. The Balaban J connectivity index is 2.15. The molecule has 0 fully saturated rings. The first-order chi connectivity index (χ1) is 10.9. The maximum Gasteiger partial charge on any atom is 0.337 e. The zero-order valence-corrected chi connectivity index (χ0v) is 14.5. The summed E-state index contributed by atoms with van der Waals surface area (Å²) in [5, 5.41) is 13.2. The van der Waals surface area contributed by atoms with Crippen molar-refractivity contribution in [3.05, 3.63) is 56.5 Å². The number of carboxylic acids is 1. The molecule has 23 heavy (non-hydrogen) atoms. The van der Waals surface area contributed by atoms with Crippen LogP contribution in [0.4, 0.5) is 5.69 Å². The summed E-state index contributed by atoms with van der Waals surface area (Å²) < 4.78 is 5.38. The number of carboxylic acid groups (broad SMARTS) is 1. The number of anilines is 1. The van der Waals surface area contributed by atoms with E-state index >= 15 is 0 Å². The summed E-state index contributed by atoms with van der Waals surface area (Å²) in [4.78, 5) is 11.1. The van der Waals surface area contributed by atoms with Crippen LogP contribution in [0.1, 0.15) is 22.8 Å². The molecule has 4 nitrogen and oxygen atoms in total. The maximum atomic E-state index is 11.1. The predicted octanol–water partition coefficient (Wildman–Crippen LogP) is 5.36. The molecule has 0 heterocycles. The maximum absolute atomic E-state index is 11.1. The predicted molar refractivity (Wildman–Crippen MR) is 93.4 cm³/mol. The van der Waals surface area contributed by atoms with Gasteiger partial charge in [0.1, 0.15) is 0 Å². The summed E-state index contributed by atoms with van der Waals surface area (Å²) in [6.07, 6.45) is 0. The van der Waals surface area contributed by atoms with Crippen LogP contribution in [0.2, 0.25) is 15.1 Å². The van der Waals surface area contributed by atoms with E-state index in [1.807, 2.05) is 6.92 Å². The molecule has 0 radical (unpaired) electrons. The van der Waals surface area contributed by atoms with Crippen LogP contribution < -0.4 is 10.1 Å². The summed E-state index contributed by atoms with van der Waals surface area (Å²) in [5.74, 6) is -0.620. The van der Waals surface area contributed by atoms with E-state index in [9.17, 15) is 4.79 Å². The fraction of sp³-hybridized carbons (Fsp3) is 0.188. The van der Waals surface area contributed by atoms with Gasteiger partial charge in [0.25, 0.3) is 0 Å². The second kappa shape index (κ2) is 7.77. The summed E-state index contributed by atoms with van der Waals surface area (Å²) in [5.41, 5.74) is 1.52. The molecule has 2 aromatic rings. The Morgan fingerprint density at radius 3 is 2.35 bits per heavy atom. The third kappa shape index (κ3) is 4.44. The largest absolute Gasteiger partial charge is 0.491 e. The summed E-state index contributed by atoms with van der Waals surface area (Å²) >= 11 is 18.1. The Morgan fingerprint density at radius 2 is 1.78 bits per heavy atom. The van der Waals surface area contributed by atoms with Crippen molar-refractivity contribution in [1.29, 1.82) is 0 Å². The van der Waals surface area contributed by atoms with Crippen LogP contribution in [-0.4, -0.2) is 17.7 Å². The Bertz CT molecular complexity index is 712. The quantitative estimate of drug-likeness (QED) is 0.715. The van der Waals surface area contributed by atoms with E-state index in [-0.39, 0.29) is 10.6 Å². The fourth-order valence-electron chi connectivity index (χ4n) is 2.00. The van der Waals surface area contributed by atoms with Gasteiger partial charge in [0.15, 0.2) is 5.75 Å². The molecule has 0 spiro atoms. The van der Waals surface area contributed by atoms with Gasteiger partial charge in [-0.05, 0) is 42.8 Å². The second-order valence-corrected chi connectivity index (χ2v) is 5.90. The average Bonchev–Trinajstić information content (AvgIpc) is 2.50. The fourth-order valence-corrected chi connectivity index (χ4v) is 2.84. The third-order valence-electron chi connectivity index (χ3n) is 3.04. The minimum Gasteiger partial charge on any atom is -0.491 e. The smallest absolute Gasteiger partial charge is 0.337 e. The standard InChI is InChI=1S/C16H14Cl3NO3/c1-2-23-15-13(18)5-9(6-14(15)19)8-20-10-3-4-12(17)11(7-10)16(21)22/h3-7,20H,2,8H2,1H3,(H,21,22). The zero-order chi connectivity index (χ0) is 17.0. The van der Waals surface area contributed by atoms with Crippen LogP contribution in [-0.2, 0) is 6.54 Å². The number of benzene rings is 2. The molecule has 0 saturated heterocycles. The van der Waals surface area contributed by atoms with Gasteiger partial charge in [-0.25, -0.2) is 4.79 Å². The second-order valence-electron chi connectivity index (χ2n) is 4.67. The summed E-state index contributed by atoms with van der Waals surface area (Å²) in [6.45, 7) is 2.75. The van der Waals surface area contributed by atoms with Gasteiger partial charge in [0.05, 0.1) is 27.2 Å². The first kappa shape index (κ1) is 17.7. The van der Waals surface area contributed by atoms with E-state index in [0.29, 0.717) is 34.6 Å². The van der Waals surface area contributed by atoms with Crippen molar-refractivity contribution >= 4 is 46.5 Å². The lowest BCUT2D eigenvalue weighted by Crippen LogP contribution is -2.03. The molecule has 0 aliphatic carbocycles. The van der Waals surface area contributed by atoms with E-state index in [1.54, 1.807) is 18.2 Å². The van der Waals surface area contributed by atoms with Gasteiger partial charge in [-0.2, -0.15) is 0 Å². The summed E-state index contributed by atoms with van der Waals surface area (Å²) in [6, 6.07) is 8.21. The molecule has 0 saturated carbocycles. The van der Waals surface area contributed by atoms with Gasteiger partial charge < -0.3 is 15.2 Å². The Labute approximate surface area is 148 Å². The normalized spacial score (nSPS) is 10.4. The highest BCUT2D eigenvalue weighted by molar-refractivity contribution is 6.37. The van der Waals surface area contributed by atoms with Crippen LogP contribution in [0.5, 0.6) is 5.75 Å². The monoisotopic (exact) mass is 373 g/mol. The van der Waals surface area contributed by atoms with Crippen molar-refractivity contribution in [3.63, 3.8) is 0 Å².